The lowest BCUT2D eigenvalue weighted by molar-refractivity contribution is -0.129. The van der Waals surface area contributed by atoms with Gasteiger partial charge in [-0.1, -0.05) is 5.16 Å². The molecule has 4 heterocycles. The van der Waals surface area contributed by atoms with Gasteiger partial charge in [0.05, 0.1) is 0 Å². The Bertz CT molecular complexity index is 677. The highest BCUT2D eigenvalue weighted by molar-refractivity contribution is 7.89. The number of rotatable bonds is 2. The van der Waals surface area contributed by atoms with E-state index in [9.17, 15) is 13.2 Å². The molecule has 0 spiro atoms. The van der Waals surface area contributed by atoms with Crippen LogP contribution in [-0.4, -0.2) is 54.4 Å². The molecule has 0 N–H and O–H groups in total. The predicted molar refractivity (Wildman–Crippen MR) is 78.6 cm³/mol. The van der Waals surface area contributed by atoms with Crippen molar-refractivity contribution in [3.63, 3.8) is 0 Å². The van der Waals surface area contributed by atoms with Crippen LogP contribution >= 0.6 is 0 Å². The van der Waals surface area contributed by atoms with Gasteiger partial charge in [-0.3, -0.25) is 4.79 Å². The van der Waals surface area contributed by atoms with E-state index in [1.165, 1.54) is 6.92 Å². The quantitative estimate of drug-likeness (QED) is 0.806. The number of aryl methyl sites for hydroxylation is 2. The highest BCUT2D eigenvalue weighted by Crippen LogP contribution is 2.34. The maximum Gasteiger partial charge on any atom is 0.248 e. The molecule has 0 saturated carbocycles. The Morgan fingerprint density at radius 2 is 1.95 bits per heavy atom. The largest absolute Gasteiger partial charge is 0.360 e. The lowest BCUT2D eigenvalue weighted by atomic mass is 9.97. The van der Waals surface area contributed by atoms with Gasteiger partial charge >= 0.3 is 0 Å². The number of nitrogens with zero attached hydrogens (tertiary/aromatic N) is 3. The summed E-state index contributed by atoms with van der Waals surface area (Å²) in [5.41, 5.74) is 0.390. The second kappa shape index (κ2) is 5.34. The molecule has 8 heteroatoms. The monoisotopic (exact) mass is 327 g/mol. The molecule has 2 atom stereocenters. The lowest BCUT2D eigenvalue weighted by Crippen LogP contribution is -2.47. The zero-order valence-corrected chi connectivity index (χ0v) is 13.9. The number of fused-ring (bicyclic) bond motifs is 4. The van der Waals surface area contributed by atoms with Gasteiger partial charge in [0.2, 0.25) is 15.9 Å². The van der Waals surface area contributed by atoms with Crippen LogP contribution in [0.3, 0.4) is 0 Å². The summed E-state index contributed by atoms with van der Waals surface area (Å²) in [4.78, 5) is 13.6. The summed E-state index contributed by atoms with van der Waals surface area (Å²) in [5.74, 6) is 0.521. The fourth-order valence-corrected chi connectivity index (χ4v) is 5.57. The number of carbonyl (C=O) groups excluding carboxylic acids is 1. The van der Waals surface area contributed by atoms with Gasteiger partial charge in [-0.15, -0.1) is 0 Å². The van der Waals surface area contributed by atoms with Gasteiger partial charge < -0.3 is 9.42 Å². The van der Waals surface area contributed by atoms with E-state index in [4.69, 9.17) is 4.52 Å². The first-order chi connectivity index (χ1) is 10.3. The summed E-state index contributed by atoms with van der Waals surface area (Å²) in [7, 11) is -3.64. The highest BCUT2D eigenvalue weighted by Gasteiger charge is 2.43. The molecular weight excluding hydrogens is 306 g/mol. The third kappa shape index (κ3) is 2.44. The molecule has 3 saturated heterocycles. The summed E-state index contributed by atoms with van der Waals surface area (Å²) in [6.45, 7) is 6.36. The first kappa shape index (κ1) is 15.5. The molecule has 2 unspecified atom stereocenters. The number of amides is 1. The van der Waals surface area contributed by atoms with Crippen LogP contribution in [0.4, 0.5) is 0 Å². The van der Waals surface area contributed by atoms with Gasteiger partial charge in [-0.2, -0.15) is 4.31 Å². The van der Waals surface area contributed by atoms with Crippen molar-refractivity contribution < 1.29 is 17.7 Å². The molecule has 3 aliphatic rings. The topological polar surface area (TPSA) is 83.7 Å². The van der Waals surface area contributed by atoms with E-state index in [2.05, 4.69) is 5.16 Å². The molecule has 4 rings (SSSR count). The second-order valence-corrected chi connectivity index (χ2v) is 8.08. The Hall–Kier alpha value is -1.41. The fraction of sp³-hybridized carbons (Fsp3) is 0.714. The summed E-state index contributed by atoms with van der Waals surface area (Å²) in [6, 6.07) is -0.165. The first-order valence-electron chi connectivity index (χ1n) is 7.51. The molecule has 0 aromatic carbocycles. The second-order valence-electron chi connectivity index (χ2n) is 6.25. The molecule has 0 radical (unpaired) electrons. The van der Waals surface area contributed by atoms with Crippen LogP contribution in [0, 0.1) is 19.8 Å². The number of hydrogen-bond acceptors (Lipinski definition) is 5. The zero-order chi connectivity index (χ0) is 16.1. The maximum atomic E-state index is 13.0. The minimum absolute atomic E-state index is 0.00786. The van der Waals surface area contributed by atoms with E-state index in [0.717, 1.165) is 12.8 Å². The smallest absolute Gasteiger partial charge is 0.248 e. The molecule has 122 valence electrons. The summed E-state index contributed by atoms with van der Waals surface area (Å²) < 4.78 is 32.6. The van der Waals surface area contributed by atoms with Crippen molar-refractivity contribution in [3.8, 4) is 0 Å². The number of hydrogen-bond donors (Lipinski definition) is 0. The summed E-state index contributed by atoms with van der Waals surface area (Å²) in [5, 5.41) is 3.76. The molecule has 0 aliphatic carbocycles. The molecule has 1 aromatic rings. The minimum Gasteiger partial charge on any atom is -0.360 e. The van der Waals surface area contributed by atoms with Crippen molar-refractivity contribution in [3.05, 3.63) is 11.5 Å². The van der Waals surface area contributed by atoms with Crippen molar-refractivity contribution in [2.45, 2.75) is 44.6 Å². The zero-order valence-electron chi connectivity index (χ0n) is 13.1. The third-order valence-electron chi connectivity index (χ3n) is 4.64. The van der Waals surface area contributed by atoms with Crippen LogP contribution in [0.25, 0.3) is 0 Å². The Morgan fingerprint density at radius 1 is 1.23 bits per heavy atom. The Morgan fingerprint density at radius 3 is 2.55 bits per heavy atom. The Kier molecular flexibility index (Phi) is 3.76. The standard InChI is InChI=1S/C14H21N3O4S/c1-9-14(10(2)21-15-9)22(19,20)17-7-12-4-5-13(17)8-16(6-12)11(3)18/h12-13H,4-8H2,1-3H3. The number of carbonyl (C=O) groups is 1. The van der Waals surface area contributed by atoms with Crippen molar-refractivity contribution in [2.75, 3.05) is 19.6 Å². The van der Waals surface area contributed by atoms with E-state index in [0.29, 0.717) is 31.1 Å². The molecule has 22 heavy (non-hydrogen) atoms. The number of aromatic nitrogens is 1. The fourth-order valence-electron chi connectivity index (χ4n) is 3.55. The van der Waals surface area contributed by atoms with Crippen LogP contribution in [0.2, 0.25) is 0 Å². The van der Waals surface area contributed by atoms with E-state index < -0.39 is 10.0 Å². The van der Waals surface area contributed by atoms with Crippen LogP contribution in [0.1, 0.15) is 31.2 Å². The predicted octanol–water partition coefficient (Wildman–Crippen LogP) is 0.923. The van der Waals surface area contributed by atoms with Gasteiger partial charge in [0.25, 0.3) is 0 Å². The number of piperidine rings is 1. The highest BCUT2D eigenvalue weighted by atomic mass is 32.2. The average molecular weight is 327 g/mol. The van der Waals surface area contributed by atoms with Crippen LogP contribution in [-0.2, 0) is 14.8 Å². The van der Waals surface area contributed by atoms with Crippen LogP contribution < -0.4 is 0 Å². The summed E-state index contributed by atoms with van der Waals surface area (Å²) in [6.07, 6.45) is 1.75. The van der Waals surface area contributed by atoms with E-state index in [1.807, 2.05) is 0 Å². The molecule has 3 fully saturated rings. The third-order valence-corrected chi connectivity index (χ3v) is 6.81. The SMILES string of the molecule is CC(=O)N1CC2CCC(C1)N(S(=O)(=O)c1c(C)noc1C)C2. The van der Waals surface area contributed by atoms with Crippen molar-refractivity contribution in [1.29, 1.82) is 0 Å². The molecular formula is C14H21N3O4S. The van der Waals surface area contributed by atoms with E-state index >= 15 is 0 Å². The summed E-state index contributed by atoms with van der Waals surface area (Å²) >= 11 is 0. The maximum absolute atomic E-state index is 13.0. The van der Waals surface area contributed by atoms with Gasteiger partial charge in [-0.25, -0.2) is 8.42 Å². The normalized spacial score (nSPS) is 26.2. The minimum atomic E-state index is -3.64. The van der Waals surface area contributed by atoms with Gasteiger partial charge in [0, 0.05) is 32.6 Å². The van der Waals surface area contributed by atoms with E-state index in [-0.39, 0.29) is 22.8 Å². The first-order valence-corrected chi connectivity index (χ1v) is 8.95. The van der Waals surface area contributed by atoms with E-state index in [1.54, 1.807) is 23.1 Å². The molecule has 2 bridgehead atoms. The average Bonchev–Trinajstić information content (AvgIpc) is 2.66. The van der Waals surface area contributed by atoms with Crippen molar-refractivity contribution >= 4 is 15.9 Å². The van der Waals surface area contributed by atoms with Gasteiger partial charge in [-0.05, 0) is 32.6 Å². The van der Waals surface area contributed by atoms with Crippen LogP contribution in [0.15, 0.2) is 9.42 Å². The Balaban J connectivity index is 1.97. The molecule has 7 nitrogen and oxygen atoms in total. The molecule has 1 aromatic heterocycles. The van der Waals surface area contributed by atoms with Crippen molar-refractivity contribution in [2.24, 2.45) is 5.92 Å². The Labute approximate surface area is 130 Å². The molecule has 3 aliphatic heterocycles. The number of sulfonamides is 1. The molecule has 1 amide bonds. The lowest BCUT2D eigenvalue weighted by Gasteiger charge is -2.34. The van der Waals surface area contributed by atoms with Gasteiger partial charge in [0.15, 0.2) is 5.76 Å². The van der Waals surface area contributed by atoms with Gasteiger partial charge in [0.1, 0.15) is 10.6 Å². The van der Waals surface area contributed by atoms with Crippen LogP contribution in [0.5, 0.6) is 0 Å². The van der Waals surface area contributed by atoms with Crippen molar-refractivity contribution in [1.82, 2.24) is 14.4 Å².